The molecule has 1 unspecified atom stereocenters. The van der Waals surface area contributed by atoms with Gasteiger partial charge in [-0.3, -0.25) is 4.98 Å². The maximum absolute atomic E-state index is 10.5. The van der Waals surface area contributed by atoms with Crippen molar-refractivity contribution in [1.29, 1.82) is 0 Å². The summed E-state index contributed by atoms with van der Waals surface area (Å²) in [6.07, 6.45) is 2.58. The largest absolute Gasteiger partial charge is 0.384 e. The van der Waals surface area contributed by atoms with E-state index in [4.69, 9.17) is 10.7 Å². The summed E-state index contributed by atoms with van der Waals surface area (Å²) in [6, 6.07) is 14.1. The van der Waals surface area contributed by atoms with Gasteiger partial charge in [0.15, 0.2) is 0 Å². The summed E-state index contributed by atoms with van der Waals surface area (Å²) in [4.78, 5) is 4.71. The summed E-state index contributed by atoms with van der Waals surface area (Å²) >= 11 is 0. The highest BCUT2D eigenvalue weighted by Gasteiger charge is 2.33. The lowest BCUT2D eigenvalue weighted by Gasteiger charge is -2.32. The number of hydrogen-bond acceptors (Lipinski definition) is 3. The molecule has 1 aromatic carbocycles. The van der Waals surface area contributed by atoms with Crippen LogP contribution in [0.4, 0.5) is 0 Å². The molecule has 1 aliphatic carbocycles. The van der Waals surface area contributed by atoms with Crippen molar-refractivity contribution in [3.63, 3.8) is 0 Å². The van der Waals surface area contributed by atoms with E-state index in [9.17, 15) is 5.11 Å². The molecule has 3 heteroatoms. The van der Waals surface area contributed by atoms with Gasteiger partial charge < -0.3 is 10.8 Å². The van der Waals surface area contributed by atoms with Gasteiger partial charge in [-0.15, -0.1) is 0 Å². The van der Waals surface area contributed by atoms with E-state index in [1.807, 2.05) is 42.5 Å². The lowest BCUT2D eigenvalue weighted by Crippen LogP contribution is -2.38. The second-order valence-corrected chi connectivity index (χ2v) is 5.15. The third kappa shape index (κ3) is 2.15. The number of aromatic nitrogens is 1. The van der Waals surface area contributed by atoms with Crippen LogP contribution in [0.3, 0.4) is 0 Å². The summed E-state index contributed by atoms with van der Waals surface area (Å²) < 4.78 is 0. The first-order valence-electron chi connectivity index (χ1n) is 6.71. The molecule has 0 aliphatic heterocycles. The van der Waals surface area contributed by atoms with Crippen LogP contribution in [0.1, 0.15) is 24.1 Å². The van der Waals surface area contributed by atoms with Crippen LogP contribution in [0.25, 0.3) is 11.3 Å². The number of aryl methyl sites for hydroxylation is 1. The van der Waals surface area contributed by atoms with Crippen LogP contribution in [-0.4, -0.2) is 16.6 Å². The van der Waals surface area contributed by atoms with Crippen LogP contribution in [0.15, 0.2) is 42.5 Å². The Hall–Kier alpha value is -1.71. The Balaban J connectivity index is 2.06. The SMILES string of the molecule is NCC1(O)CCCc2nc(-c3ccccc3)ccc21. The molecule has 1 atom stereocenters. The monoisotopic (exact) mass is 254 g/mol. The van der Waals surface area contributed by atoms with Crippen LogP contribution in [0, 0.1) is 0 Å². The highest BCUT2D eigenvalue weighted by atomic mass is 16.3. The van der Waals surface area contributed by atoms with E-state index in [0.717, 1.165) is 41.8 Å². The second kappa shape index (κ2) is 4.76. The van der Waals surface area contributed by atoms with E-state index < -0.39 is 5.60 Å². The molecular weight excluding hydrogens is 236 g/mol. The minimum Gasteiger partial charge on any atom is -0.384 e. The number of pyridine rings is 1. The first-order valence-corrected chi connectivity index (χ1v) is 6.71. The van der Waals surface area contributed by atoms with Crippen molar-refractivity contribution in [2.75, 3.05) is 6.54 Å². The molecule has 19 heavy (non-hydrogen) atoms. The molecule has 2 aromatic rings. The minimum atomic E-state index is -0.893. The molecule has 98 valence electrons. The van der Waals surface area contributed by atoms with Gasteiger partial charge in [-0.2, -0.15) is 0 Å². The maximum Gasteiger partial charge on any atom is 0.104 e. The Kier molecular flexibility index (Phi) is 3.09. The van der Waals surface area contributed by atoms with Crippen LogP contribution in [0.2, 0.25) is 0 Å². The molecule has 0 saturated heterocycles. The number of rotatable bonds is 2. The highest BCUT2D eigenvalue weighted by molar-refractivity contribution is 5.59. The van der Waals surface area contributed by atoms with Crippen molar-refractivity contribution in [2.24, 2.45) is 5.73 Å². The number of nitrogens with zero attached hydrogens (tertiary/aromatic N) is 1. The fraction of sp³-hybridized carbons (Fsp3) is 0.312. The number of nitrogens with two attached hydrogens (primary N) is 1. The summed E-state index contributed by atoms with van der Waals surface area (Å²) in [7, 11) is 0. The van der Waals surface area contributed by atoms with Crippen LogP contribution in [-0.2, 0) is 12.0 Å². The Bertz CT molecular complexity index is 583. The van der Waals surface area contributed by atoms with Crippen molar-refractivity contribution in [3.8, 4) is 11.3 Å². The van der Waals surface area contributed by atoms with Gasteiger partial charge in [-0.1, -0.05) is 36.4 Å². The second-order valence-electron chi connectivity index (χ2n) is 5.15. The molecule has 0 spiro atoms. The van der Waals surface area contributed by atoms with Gasteiger partial charge in [0.25, 0.3) is 0 Å². The smallest absolute Gasteiger partial charge is 0.104 e. The molecule has 0 bridgehead atoms. The number of hydrogen-bond donors (Lipinski definition) is 2. The van der Waals surface area contributed by atoms with E-state index in [0.29, 0.717) is 0 Å². The first kappa shape index (κ1) is 12.3. The van der Waals surface area contributed by atoms with E-state index >= 15 is 0 Å². The molecule has 0 saturated carbocycles. The third-order valence-electron chi connectivity index (χ3n) is 3.89. The Morgan fingerprint density at radius 2 is 1.95 bits per heavy atom. The quantitative estimate of drug-likeness (QED) is 0.864. The molecule has 1 aromatic heterocycles. The predicted octanol–water partition coefficient (Wildman–Crippen LogP) is 2.23. The molecular formula is C16H18N2O. The molecule has 3 rings (SSSR count). The maximum atomic E-state index is 10.5. The molecule has 0 fully saturated rings. The summed E-state index contributed by atoms with van der Waals surface area (Å²) in [5, 5.41) is 10.5. The Morgan fingerprint density at radius 1 is 1.16 bits per heavy atom. The number of benzene rings is 1. The van der Waals surface area contributed by atoms with Gasteiger partial charge in [0.1, 0.15) is 5.60 Å². The summed E-state index contributed by atoms with van der Waals surface area (Å²) in [5.74, 6) is 0. The van der Waals surface area contributed by atoms with Gasteiger partial charge in [0, 0.05) is 23.4 Å². The number of aliphatic hydroxyl groups is 1. The zero-order valence-corrected chi connectivity index (χ0v) is 10.8. The standard InChI is InChI=1S/C16H18N2O/c17-11-16(19)10-4-7-15-13(16)8-9-14(18-15)12-5-2-1-3-6-12/h1-3,5-6,8-9,19H,4,7,10-11,17H2. The van der Waals surface area contributed by atoms with Gasteiger partial charge in [-0.05, 0) is 25.3 Å². The van der Waals surface area contributed by atoms with Crippen molar-refractivity contribution < 1.29 is 5.11 Å². The summed E-state index contributed by atoms with van der Waals surface area (Å²) in [6.45, 7) is 0.256. The highest BCUT2D eigenvalue weighted by Crippen LogP contribution is 2.34. The lowest BCUT2D eigenvalue weighted by molar-refractivity contribution is 0.0272. The average molecular weight is 254 g/mol. The van der Waals surface area contributed by atoms with Gasteiger partial charge in [-0.25, -0.2) is 0 Å². The van der Waals surface area contributed by atoms with Gasteiger partial charge in [0.2, 0.25) is 0 Å². The van der Waals surface area contributed by atoms with E-state index in [2.05, 4.69) is 0 Å². The fourth-order valence-electron chi connectivity index (χ4n) is 2.78. The normalized spacial score (nSPS) is 22.0. The fourth-order valence-corrected chi connectivity index (χ4v) is 2.78. The van der Waals surface area contributed by atoms with Crippen LogP contribution < -0.4 is 5.73 Å². The summed E-state index contributed by atoms with van der Waals surface area (Å²) in [5.41, 5.74) is 8.78. The predicted molar refractivity (Wildman–Crippen MR) is 75.6 cm³/mol. The van der Waals surface area contributed by atoms with E-state index in [1.54, 1.807) is 0 Å². The Labute approximate surface area is 113 Å². The topological polar surface area (TPSA) is 59.1 Å². The number of fused-ring (bicyclic) bond motifs is 1. The van der Waals surface area contributed by atoms with Crippen molar-refractivity contribution in [1.82, 2.24) is 4.98 Å². The minimum absolute atomic E-state index is 0.256. The molecule has 1 heterocycles. The van der Waals surface area contributed by atoms with Gasteiger partial charge in [0.05, 0.1) is 5.69 Å². The molecule has 3 N–H and O–H groups in total. The van der Waals surface area contributed by atoms with Crippen LogP contribution >= 0.6 is 0 Å². The zero-order valence-electron chi connectivity index (χ0n) is 10.8. The lowest BCUT2D eigenvalue weighted by atomic mass is 9.81. The molecule has 0 amide bonds. The van der Waals surface area contributed by atoms with Gasteiger partial charge >= 0.3 is 0 Å². The van der Waals surface area contributed by atoms with Crippen LogP contribution in [0.5, 0.6) is 0 Å². The molecule has 1 aliphatic rings. The Morgan fingerprint density at radius 3 is 2.68 bits per heavy atom. The zero-order chi connectivity index (χ0) is 13.3. The molecule has 3 nitrogen and oxygen atoms in total. The third-order valence-corrected chi connectivity index (χ3v) is 3.89. The van der Waals surface area contributed by atoms with E-state index in [-0.39, 0.29) is 6.54 Å². The molecule has 0 radical (unpaired) electrons. The van der Waals surface area contributed by atoms with Crippen molar-refractivity contribution in [3.05, 3.63) is 53.7 Å². The average Bonchev–Trinajstić information content (AvgIpc) is 2.48. The van der Waals surface area contributed by atoms with E-state index in [1.165, 1.54) is 0 Å². The first-order chi connectivity index (χ1) is 9.23. The van der Waals surface area contributed by atoms with Crippen molar-refractivity contribution in [2.45, 2.75) is 24.9 Å². The van der Waals surface area contributed by atoms with Crippen molar-refractivity contribution >= 4 is 0 Å².